The quantitative estimate of drug-likeness (QED) is 0.159. The second-order valence-corrected chi connectivity index (χ2v) is 11.8. The molecule has 0 radical (unpaired) electrons. The van der Waals surface area contributed by atoms with E-state index < -0.39 is 12.0 Å². The lowest BCUT2D eigenvalue weighted by atomic mass is 9.97. The first-order valence-corrected chi connectivity index (χ1v) is 15.8. The summed E-state index contributed by atoms with van der Waals surface area (Å²) in [5.41, 5.74) is 2.24. The highest BCUT2D eigenvalue weighted by atomic mass is 127. The predicted molar refractivity (Wildman–Crippen MR) is 176 cm³/mol. The fourth-order valence-corrected chi connectivity index (χ4v) is 6.44. The number of fused-ring (bicyclic) bond motifs is 1. The number of nitrogens with zero attached hydrogens (tertiary/aromatic N) is 2. The Hall–Kier alpha value is -4.10. The number of halogens is 1. The molecule has 0 bridgehead atoms. The Morgan fingerprint density at radius 3 is 2.43 bits per heavy atom. The highest BCUT2D eigenvalue weighted by Gasteiger charge is 2.31. The zero-order valence-corrected chi connectivity index (χ0v) is 27.6. The second kappa shape index (κ2) is 14.1. The summed E-state index contributed by atoms with van der Waals surface area (Å²) in [6.45, 7) is 4.97. The van der Waals surface area contributed by atoms with Gasteiger partial charge in [0.05, 0.1) is 43.6 Å². The van der Waals surface area contributed by atoms with Crippen LogP contribution in [0.5, 0.6) is 23.0 Å². The number of methoxy groups -OCH3 is 2. The predicted octanol–water partition coefficient (Wildman–Crippen LogP) is 5.01. The second-order valence-electron chi connectivity index (χ2n) is 9.55. The van der Waals surface area contributed by atoms with Crippen LogP contribution in [0.4, 0.5) is 0 Å². The number of esters is 1. The summed E-state index contributed by atoms with van der Waals surface area (Å²) in [6.07, 6.45) is 3.24. The van der Waals surface area contributed by atoms with E-state index in [2.05, 4.69) is 27.6 Å². The molecular weight excluding hydrogens is 695 g/mol. The minimum Gasteiger partial charge on any atom is -0.493 e. The standard InChI is InChI=1S/C33H31IN2O7S/c1-5-41-25-13-12-21(15-26(25)42-6-2)29-24(32(38)40-4)18-35-33-36(29)31(37)28(44-33)16-22-14-23(34)17-27(39-3)30(22)43-19-20-10-8-7-9-11-20/h7-18,29H,5-6,19H2,1-4H3/b28-16+/t29-/m1/s1. The van der Waals surface area contributed by atoms with Crippen LogP contribution in [-0.2, 0) is 16.1 Å². The van der Waals surface area contributed by atoms with Gasteiger partial charge in [0.25, 0.3) is 5.56 Å². The molecule has 5 rings (SSSR count). The number of rotatable bonds is 11. The highest BCUT2D eigenvalue weighted by molar-refractivity contribution is 14.1. The molecule has 0 saturated carbocycles. The van der Waals surface area contributed by atoms with E-state index in [1.54, 1.807) is 25.3 Å². The molecule has 4 aromatic rings. The van der Waals surface area contributed by atoms with Crippen molar-refractivity contribution in [3.8, 4) is 23.0 Å². The summed E-state index contributed by atoms with van der Waals surface area (Å²) >= 11 is 3.43. The minimum absolute atomic E-state index is 0.223. The first-order valence-electron chi connectivity index (χ1n) is 13.9. The molecule has 1 aromatic heterocycles. The van der Waals surface area contributed by atoms with Crippen LogP contribution in [0.15, 0.2) is 82.2 Å². The maximum Gasteiger partial charge on any atom is 0.337 e. The van der Waals surface area contributed by atoms with Crippen molar-refractivity contribution in [2.75, 3.05) is 27.4 Å². The summed E-state index contributed by atoms with van der Waals surface area (Å²) in [6, 6.07) is 18.2. The summed E-state index contributed by atoms with van der Waals surface area (Å²) in [4.78, 5) is 32.0. The zero-order valence-electron chi connectivity index (χ0n) is 24.7. The summed E-state index contributed by atoms with van der Waals surface area (Å²) in [5.74, 6) is 1.57. The molecule has 9 nitrogen and oxygen atoms in total. The van der Waals surface area contributed by atoms with Crippen molar-refractivity contribution in [1.82, 2.24) is 4.57 Å². The first-order chi connectivity index (χ1) is 21.4. The van der Waals surface area contributed by atoms with Crippen molar-refractivity contribution in [3.05, 3.63) is 112 Å². The largest absolute Gasteiger partial charge is 0.493 e. The molecule has 11 heteroatoms. The molecule has 3 aromatic carbocycles. The molecule has 1 aliphatic rings. The molecule has 0 spiro atoms. The van der Waals surface area contributed by atoms with Crippen LogP contribution in [0.25, 0.3) is 6.08 Å². The van der Waals surface area contributed by atoms with Crippen LogP contribution >= 0.6 is 33.9 Å². The molecule has 0 N–H and O–H groups in total. The number of thiazole rings is 1. The normalized spacial score (nSPS) is 14.2. The third-order valence-electron chi connectivity index (χ3n) is 6.79. The molecule has 1 aliphatic heterocycles. The smallest absolute Gasteiger partial charge is 0.337 e. The van der Waals surface area contributed by atoms with Crippen molar-refractivity contribution in [2.24, 2.45) is 4.99 Å². The maximum absolute atomic E-state index is 14.1. The number of hydrogen-bond acceptors (Lipinski definition) is 9. The Morgan fingerprint density at radius 2 is 1.73 bits per heavy atom. The van der Waals surface area contributed by atoms with Gasteiger partial charge in [0, 0.05) is 15.3 Å². The third-order valence-corrected chi connectivity index (χ3v) is 8.41. The number of aromatic nitrogens is 1. The van der Waals surface area contributed by atoms with E-state index in [0.29, 0.717) is 63.3 Å². The Kier molecular flexibility index (Phi) is 10.1. The van der Waals surface area contributed by atoms with Gasteiger partial charge < -0.3 is 23.7 Å². The van der Waals surface area contributed by atoms with Gasteiger partial charge in [0.2, 0.25) is 0 Å². The molecule has 228 valence electrons. The van der Waals surface area contributed by atoms with Crippen LogP contribution in [-0.4, -0.2) is 38.0 Å². The molecule has 0 unspecified atom stereocenters. The van der Waals surface area contributed by atoms with E-state index in [9.17, 15) is 9.59 Å². The van der Waals surface area contributed by atoms with Crippen LogP contribution < -0.4 is 33.8 Å². The number of hydrogen-bond donors (Lipinski definition) is 0. The summed E-state index contributed by atoms with van der Waals surface area (Å²) < 4.78 is 31.4. The van der Waals surface area contributed by atoms with E-state index in [0.717, 1.165) is 9.13 Å². The molecule has 0 saturated heterocycles. The van der Waals surface area contributed by atoms with Crippen molar-refractivity contribution in [3.63, 3.8) is 0 Å². The Morgan fingerprint density at radius 1 is 0.977 bits per heavy atom. The Bertz CT molecular complexity index is 1880. The Labute approximate surface area is 272 Å². The van der Waals surface area contributed by atoms with E-state index in [1.807, 2.05) is 62.4 Å². The lowest BCUT2D eigenvalue weighted by Crippen LogP contribution is -2.39. The first kappa shape index (κ1) is 31.3. The summed E-state index contributed by atoms with van der Waals surface area (Å²) in [5, 5.41) is 0. The fourth-order valence-electron chi connectivity index (χ4n) is 4.86. The lowest BCUT2D eigenvalue weighted by Gasteiger charge is -2.23. The molecule has 44 heavy (non-hydrogen) atoms. The number of carbonyl (C=O) groups is 1. The van der Waals surface area contributed by atoms with Gasteiger partial charge in [-0.1, -0.05) is 47.7 Å². The average molecular weight is 727 g/mol. The van der Waals surface area contributed by atoms with Gasteiger partial charge in [-0.25, -0.2) is 9.79 Å². The molecule has 0 aliphatic carbocycles. The van der Waals surface area contributed by atoms with Gasteiger partial charge >= 0.3 is 5.97 Å². The van der Waals surface area contributed by atoms with E-state index in [4.69, 9.17) is 23.7 Å². The lowest BCUT2D eigenvalue weighted by molar-refractivity contribution is -0.136. The van der Waals surface area contributed by atoms with Crippen molar-refractivity contribution < 1.29 is 28.5 Å². The van der Waals surface area contributed by atoms with E-state index in [-0.39, 0.29) is 11.1 Å². The molecule has 1 atom stereocenters. The van der Waals surface area contributed by atoms with Crippen molar-refractivity contribution >= 4 is 46.0 Å². The Balaban J connectivity index is 1.65. The van der Waals surface area contributed by atoms with Crippen molar-refractivity contribution in [2.45, 2.75) is 26.5 Å². The van der Waals surface area contributed by atoms with Crippen molar-refractivity contribution in [1.29, 1.82) is 0 Å². The van der Waals surface area contributed by atoms with Crippen LogP contribution in [0.3, 0.4) is 0 Å². The monoisotopic (exact) mass is 726 g/mol. The number of ether oxygens (including phenoxy) is 5. The molecule has 0 amide bonds. The topological polar surface area (TPSA) is 97.6 Å². The van der Waals surface area contributed by atoms with Gasteiger partial charge in [-0.2, -0.15) is 0 Å². The van der Waals surface area contributed by atoms with Crippen LogP contribution in [0.1, 0.15) is 36.6 Å². The number of carbonyl (C=O) groups excluding carboxylic acids is 1. The van der Waals surface area contributed by atoms with Gasteiger partial charge in [0.15, 0.2) is 27.8 Å². The van der Waals surface area contributed by atoms with Crippen LogP contribution in [0.2, 0.25) is 0 Å². The molecule has 2 heterocycles. The van der Waals surface area contributed by atoms with Gasteiger partial charge in [-0.05, 0) is 77.9 Å². The van der Waals surface area contributed by atoms with E-state index >= 15 is 0 Å². The fraction of sp³-hybridized carbons (Fsp3) is 0.242. The SMILES string of the molecule is CCOc1ccc([C@@H]2C(C(=O)OC)=CN=c3s/c(=C/c4cc(I)cc(OC)c4OCc4ccccc4)c(=O)n32)cc1OCC. The van der Waals surface area contributed by atoms with Gasteiger partial charge in [-0.15, -0.1) is 0 Å². The maximum atomic E-state index is 14.1. The highest BCUT2D eigenvalue weighted by Crippen LogP contribution is 2.36. The van der Waals surface area contributed by atoms with Gasteiger partial charge in [0.1, 0.15) is 6.61 Å². The summed E-state index contributed by atoms with van der Waals surface area (Å²) in [7, 11) is 2.89. The van der Waals surface area contributed by atoms with E-state index in [1.165, 1.54) is 29.2 Å². The van der Waals surface area contributed by atoms with Crippen LogP contribution in [0, 0.1) is 3.57 Å². The third kappa shape index (κ3) is 6.53. The average Bonchev–Trinajstić information content (AvgIpc) is 3.35. The van der Waals surface area contributed by atoms with Gasteiger partial charge in [-0.3, -0.25) is 9.36 Å². The molecule has 0 fully saturated rings. The molecular formula is C33H31IN2O7S. The minimum atomic E-state index is -0.796. The zero-order chi connectivity index (χ0) is 31.2. The number of benzene rings is 3.